The molecule has 0 aromatic carbocycles. The molecule has 1 amide bonds. The van der Waals surface area contributed by atoms with E-state index in [1.807, 2.05) is 13.8 Å². The van der Waals surface area contributed by atoms with Gasteiger partial charge in [-0.05, 0) is 32.9 Å². The first-order valence-electron chi connectivity index (χ1n) is 6.50. The van der Waals surface area contributed by atoms with Crippen molar-refractivity contribution in [1.29, 1.82) is 0 Å². The Morgan fingerprint density at radius 1 is 1.45 bits per heavy atom. The molecule has 1 N–H and O–H groups in total. The van der Waals surface area contributed by atoms with Crippen LogP contribution < -0.4 is 10.2 Å². The number of hydrogen-bond donors (Lipinski definition) is 1. The summed E-state index contributed by atoms with van der Waals surface area (Å²) in [5.74, 6) is 0.115. The van der Waals surface area contributed by atoms with Crippen molar-refractivity contribution >= 4 is 17.7 Å². The molecule has 6 nitrogen and oxygen atoms in total. The van der Waals surface area contributed by atoms with E-state index in [-0.39, 0.29) is 5.91 Å². The van der Waals surface area contributed by atoms with E-state index in [4.69, 9.17) is 0 Å². The molecule has 0 unspecified atom stereocenters. The minimum atomic E-state index is -0.602. The average molecular weight is 277 g/mol. The minimum absolute atomic E-state index is 0.0264. The molecule has 0 atom stereocenters. The van der Waals surface area contributed by atoms with Crippen LogP contribution in [-0.2, 0) is 9.53 Å². The number of anilines is 1. The third-order valence-corrected chi connectivity index (χ3v) is 3.44. The van der Waals surface area contributed by atoms with Gasteiger partial charge in [-0.1, -0.05) is 0 Å². The Morgan fingerprint density at radius 3 is 2.75 bits per heavy atom. The zero-order valence-corrected chi connectivity index (χ0v) is 12.2. The van der Waals surface area contributed by atoms with Crippen LogP contribution in [0.15, 0.2) is 12.1 Å². The van der Waals surface area contributed by atoms with E-state index >= 15 is 0 Å². The van der Waals surface area contributed by atoms with Crippen LogP contribution in [-0.4, -0.2) is 42.6 Å². The molecule has 1 aromatic rings. The fraction of sp³-hybridized carbons (Fsp3) is 0.500. The number of nitrogens with one attached hydrogen (secondary N) is 1. The van der Waals surface area contributed by atoms with Gasteiger partial charge in [-0.25, -0.2) is 9.78 Å². The molecular weight excluding hydrogens is 258 g/mol. The Kier molecular flexibility index (Phi) is 3.76. The summed E-state index contributed by atoms with van der Waals surface area (Å²) >= 11 is 0. The van der Waals surface area contributed by atoms with Crippen LogP contribution in [0.25, 0.3) is 0 Å². The minimum Gasteiger partial charge on any atom is -0.465 e. The van der Waals surface area contributed by atoms with Crippen LogP contribution in [0.4, 0.5) is 5.82 Å². The highest BCUT2D eigenvalue weighted by atomic mass is 16.5. The standard InChI is InChI=1S/C14H19N3O3/c1-9-10(12(18)20-4)5-6-11(16-9)17-8-7-15-14(2,3)13(17)19/h5-6,15H,7-8H2,1-4H3. The van der Waals surface area contributed by atoms with E-state index in [0.717, 1.165) is 0 Å². The van der Waals surface area contributed by atoms with Crippen LogP contribution in [0.2, 0.25) is 0 Å². The molecule has 20 heavy (non-hydrogen) atoms. The Hall–Kier alpha value is -1.95. The first-order chi connectivity index (χ1) is 9.36. The summed E-state index contributed by atoms with van der Waals surface area (Å²) in [6.45, 7) is 6.69. The van der Waals surface area contributed by atoms with E-state index in [2.05, 4.69) is 15.0 Å². The van der Waals surface area contributed by atoms with Crippen molar-refractivity contribution in [3.05, 3.63) is 23.4 Å². The molecule has 6 heteroatoms. The van der Waals surface area contributed by atoms with Crippen molar-refractivity contribution < 1.29 is 14.3 Å². The van der Waals surface area contributed by atoms with E-state index in [1.165, 1.54) is 7.11 Å². The largest absolute Gasteiger partial charge is 0.465 e. The number of carbonyl (C=O) groups is 2. The third kappa shape index (κ3) is 2.51. The van der Waals surface area contributed by atoms with E-state index in [9.17, 15) is 9.59 Å². The molecule has 1 aliphatic rings. The molecule has 0 saturated carbocycles. The van der Waals surface area contributed by atoms with Crippen molar-refractivity contribution in [3.63, 3.8) is 0 Å². The predicted molar refractivity (Wildman–Crippen MR) is 74.7 cm³/mol. The first-order valence-corrected chi connectivity index (χ1v) is 6.50. The lowest BCUT2D eigenvalue weighted by Gasteiger charge is -2.37. The van der Waals surface area contributed by atoms with Gasteiger partial charge in [-0.2, -0.15) is 0 Å². The number of nitrogens with zero attached hydrogens (tertiary/aromatic N) is 2. The van der Waals surface area contributed by atoms with Gasteiger partial charge in [0.2, 0.25) is 5.91 Å². The topological polar surface area (TPSA) is 71.5 Å². The summed E-state index contributed by atoms with van der Waals surface area (Å²) in [5, 5.41) is 3.17. The second kappa shape index (κ2) is 5.20. The maximum absolute atomic E-state index is 12.4. The number of esters is 1. The van der Waals surface area contributed by atoms with Gasteiger partial charge in [0.1, 0.15) is 5.82 Å². The third-order valence-electron chi connectivity index (χ3n) is 3.44. The molecule has 1 aromatic heterocycles. The van der Waals surface area contributed by atoms with E-state index in [1.54, 1.807) is 24.0 Å². The van der Waals surface area contributed by atoms with Gasteiger partial charge >= 0.3 is 5.97 Å². The lowest BCUT2D eigenvalue weighted by Crippen LogP contribution is -2.61. The first kappa shape index (κ1) is 14.5. The number of rotatable bonds is 2. The van der Waals surface area contributed by atoms with Gasteiger partial charge in [0.05, 0.1) is 23.9 Å². The Balaban J connectivity index is 2.32. The summed E-state index contributed by atoms with van der Waals surface area (Å²) < 4.78 is 4.69. The van der Waals surface area contributed by atoms with Gasteiger partial charge < -0.3 is 10.1 Å². The fourth-order valence-electron chi connectivity index (χ4n) is 2.24. The molecule has 2 heterocycles. The zero-order valence-electron chi connectivity index (χ0n) is 12.2. The Labute approximate surface area is 118 Å². The Morgan fingerprint density at radius 2 is 2.15 bits per heavy atom. The molecule has 1 aliphatic heterocycles. The van der Waals surface area contributed by atoms with Crippen molar-refractivity contribution in [1.82, 2.24) is 10.3 Å². The van der Waals surface area contributed by atoms with Crippen LogP contribution >= 0.6 is 0 Å². The quantitative estimate of drug-likeness (QED) is 0.813. The zero-order chi connectivity index (χ0) is 14.9. The molecule has 1 fully saturated rings. The second-order valence-corrected chi connectivity index (χ2v) is 5.30. The monoisotopic (exact) mass is 277 g/mol. The number of hydrogen-bond acceptors (Lipinski definition) is 5. The molecule has 2 rings (SSSR count). The number of ether oxygens (including phenoxy) is 1. The van der Waals surface area contributed by atoms with E-state index < -0.39 is 11.5 Å². The summed E-state index contributed by atoms with van der Waals surface area (Å²) in [5.41, 5.74) is 0.367. The van der Waals surface area contributed by atoms with Crippen LogP contribution in [0, 0.1) is 6.92 Å². The highest BCUT2D eigenvalue weighted by Crippen LogP contribution is 2.21. The molecule has 1 saturated heterocycles. The fourth-order valence-corrected chi connectivity index (χ4v) is 2.24. The van der Waals surface area contributed by atoms with Crippen molar-refractivity contribution in [2.45, 2.75) is 26.3 Å². The number of amides is 1. The van der Waals surface area contributed by atoms with Gasteiger partial charge in [-0.15, -0.1) is 0 Å². The molecule has 0 radical (unpaired) electrons. The van der Waals surface area contributed by atoms with Crippen LogP contribution in [0.1, 0.15) is 29.9 Å². The summed E-state index contributed by atoms with van der Waals surface area (Å²) in [4.78, 5) is 29.9. The van der Waals surface area contributed by atoms with E-state index in [0.29, 0.717) is 30.2 Å². The smallest absolute Gasteiger partial charge is 0.339 e. The lowest BCUT2D eigenvalue weighted by molar-refractivity contribution is -0.125. The van der Waals surface area contributed by atoms with Gasteiger partial charge in [0.15, 0.2) is 0 Å². The number of pyridine rings is 1. The number of carbonyl (C=O) groups excluding carboxylic acids is 2. The normalized spacial score (nSPS) is 18.0. The van der Waals surface area contributed by atoms with Crippen molar-refractivity contribution in [2.24, 2.45) is 0 Å². The maximum Gasteiger partial charge on any atom is 0.339 e. The summed E-state index contributed by atoms with van der Waals surface area (Å²) in [6, 6.07) is 3.32. The SMILES string of the molecule is COC(=O)c1ccc(N2CCNC(C)(C)C2=O)nc1C. The molecule has 108 valence electrons. The summed E-state index contributed by atoms with van der Waals surface area (Å²) in [6.07, 6.45) is 0. The van der Waals surface area contributed by atoms with Crippen LogP contribution in [0.3, 0.4) is 0 Å². The van der Waals surface area contributed by atoms with Crippen LogP contribution in [0.5, 0.6) is 0 Å². The predicted octanol–water partition coefficient (Wildman–Crippen LogP) is 0.891. The Bertz CT molecular complexity index is 555. The molecule has 0 bridgehead atoms. The maximum atomic E-state index is 12.4. The number of piperazine rings is 1. The van der Waals surface area contributed by atoms with Crippen molar-refractivity contribution in [3.8, 4) is 0 Å². The van der Waals surface area contributed by atoms with Gasteiger partial charge in [0, 0.05) is 13.1 Å². The van der Waals surface area contributed by atoms with Crippen molar-refractivity contribution in [2.75, 3.05) is 25.1 Å². The lowest BCUT2D eigenvalue weighted by atomic mass is 10.0. The number of methoxy groups -OCH3 is 1. The summed E-state index contributed by atoms with van der Waals surface area (Å²) in [7, 11) is 1.33. The molecule has 0 spiro atoms. The van der Waals surface area contributed by atoms with Gasteiger partial charge in [-0.3, -0.25) is 9.69 Å². The second-order valence-electron chi connectivity index (χ2n) is 5.30. The number of aromatic nitrogens is 1. The highest BCUT2D eigenvalue weighted by Gasteiger charge is 2.36. The van der Waals surface area contributed by atoms with Gasteiger partial charge in [0.25, 0.3) is 0 Å². The number of aryl methyl sites for hydroxylation is 1. The average Bonchev–Trinajstić information content (AvgIpc) is 2.41. The molecule has 0 aliphatic carbocycles. The molecular formula is C14H19N3O3. The highest BCUT2D eigenvalue weighted by molar-refractivity contribution is 6.00.